The summed E-state index contributed by atoms with van der Waals surface area (Å²) in [6.07, 6.45) is 2.58. The van der Waals surface area contributed by atoms with Gasteiger partial charge in [0.2, 0.25) is 0 Å². The quantitative estimate of drug-likeness (QED) is 0.799. The van der Waals surface area contributed by atoms with Crippen LogP contribution in [0.3, 0.4) is 0 Å². The van der Waals surface area contributed by atoms with Crippen molar-refractivity contribution in [3.05, 3.63) is 35.9 Å². The van der Waals surface area contributed by atoms with Gasteiger partial charge in [0.1, 0.15) is 0 Å². The molecule has 1 atom stereocenters. The molecule has 2 heteroatoms. The van der Waals surface area contributed by atoms with E-state index in [2.05, 4.69) is 54.1 Å². The third kappa shape index (κ3) is 5.33. The molecule has 1 aliphatic rings. The highest BCUT2D eigenvalue weighted by Crippen LogP contribution is 2.17. The van der Waals surface area contributed by atoms with Crippen molar-refractivity contribution in [2.45, 2.75) is 46.2 Å². The van der Waals surface area contributed by atoms with E-state index in [1.807, 2.05) is 13.8 Å². The summed E-state index contributed by atoms with van der Waals surface area (Å²) in [5.41, 5.74) is 1.44. The average molecular weight is 262 g/mol. The molecule has 1 fully saturated rings. The first-order chi connectivity index (χ1) is 9.29. The molecule has 0 radical (unpaired) electrons. The van der Waals surface area contributed by atoms with Gasteiger partial charge >= 0.3 is 0 Å². The lowest BCUT2D eigenvalue weighted by Crippen LogP contribution is -2.34. The molecular weight excluding hydrogens is 232 g/mol. The number of likely N-dealkylation sites (N-methyl/N-ethyl adjacent to an activating group) is 1. The van der Waals surface area contributed by atoms with Gasteiger partial charge < -0.3 is 4.90 Å². The Kier molecular flexibility index (Phi) is 7.76. The molecule has 0 aliphatic carbocycles. The smallest absolute Gasteiger partial charge is 0.0234 e. The second-order valence-corrected chi connectivity index (χ2v) is 5.14. The molecule has 0 aromatic heterocycles. The highest BCUT2D eigenvalue weighted by atomic mass is 15.2. The molecule has 2 rings (SSSR count). The van der Waals surface area contributed by atoms with Crippen LogP contribution < -0.4 is 0 Å². The number of hydrogen-bond donors (Lipinski definition) is 0. The second-order valence-electron chi connectivity index (χ2n) is 5.14. The fraction of sp³-hybridized carbons (Fsp3) is 0.647. The SMILES string of the molecule is CC.CCCN(C)C1CCN(Cc2ccccc2)C1. The van der Waals surface area contributed by atoms with Crippen molar-refractivity contribution < 1.29 is 0 Å². The Labute approximate surface area is 119 Å². The van der Waals surface area contributed by atoms with Crippen LogP contribution in [0.25, 0.3) is 0 Å². The fourth-order valence-electron chi connectivity index (χ4n) is 2.69. The number of nitrogens with zero attached hydrogens (tertiary/aromatic N) is 2. The first kappa shape index (κ1) is 16.2. The molecule has 0 amide bonds. The first-order valence-electron chi connectivity index (χ1n) is 7.76. The molecule has 1 aliphatic heterocycles. The lowest BCUT2D eigenvalue weighted by Gasteiger charge is -2.24. The van der Waals surface area contributed by atoms with Gasteiger partial charge in [-0.2, -0.15) is 0 Å². The molecule has 19 heavy (non-hydrogen) atoms. The standard InChI is InChI=1S/C15H24N2.C2H6/c1-3-10-16(2)15-9-11-17(13-15)12-14-7-5-4-6-8-14;1-2/h4-8,15H,3,9-13H2,1-2H3;1-2H3. The molecular formula is C17H30N2. The monoisotopic (exact) mass is 262 g/mol. The van der Waals surface area contributed by atoms with Crippen molar-refractivity contribution >= 4 is 0 Å². The van der Waals surface area contributed by atoms with E-state index < -0.39 is 0 Å². The second kappa shape index (κ2) is 9.11. The lowest BCUT2D eigenvalue weighted by atomic mass is 10.2. The van der Waals surface area contributed by atoms with Crippen LogP contribution in [0.15, 0.2) is 30.3 Å². The molecule has 1 heterocycles. The molecule has 1 saturated heterocycles. The maximum Gasteiger partial charge on any atom is 0.0234 e. The Morgan fingerprint density at radius 1 is 1.21 bits per heavy atom. The van der Waals surface area contributed by atoms with Gasteiger partial charge in [-0.05, 0) is 32.0 Å². The number of rotatable bonds is 5. The highest BCUT2D eigenvalue weighted by Gasteiger charge is 2.24. The summed E-state index contributed by atoms with van der Waals surface area (Å²) in [6.45, 7) is 11.1. The van der Waals surface area contributed by atoms with Gasteiger partial charge in [-0.25, -0.2) is 0 Å². The molecule has 1 unspecified atom stereocenters. The summed E-state index contributed by atoms with van der Waals surface area (Å²) >= 11 is 0. The van der Waals surface area contributed by atoms with E-state index >= 15 is 0 Å². The Bertz CT molecular complexity index is 323. The van der Waals surface area contributed by atoms with E-state index in [4.69, 9.17) is 0 Å². The summed E-state index contributed by atoms with van der Waals surface area (Å²) in [5.74, 6) is 0. The fourth-order valence-corrected chi connectivity index (χ4v) is 2.69. The zero-order valence-electron chi connectivity index (χ0n) is 13.1. The van der Waals surface area contributed by atoms with Gasteiger partial charge in [-0.3, -0.25) is 4.90 Å². The van der Waals surface area contributed by atoms with Gasteiger partial charge in [0.05, 0.1) is 0 Å². The van der Waals surface area contributed by atoms with E-state index in [0.29, 0.717) is 0 Å². The number of hydrogen-bond acceptors (Lipinski definition) is 2. The van der Waals surface area contributed by atoms with E-state index in [1.165, 1.54) is 38.0 Å². The van der Waals surface area contributed by atoms with Crippen molar-refractivity contribution in [3.63, 3.8) is 0 Å². The summed E-state index contributed by atoms with van der Waals surface area (Å²) in [4.78, 5) is 5.09. The Morgan fingerprint density at radius 3 is 2.53 bits per heavy atom. The number of likely N-dealkylation sites (tertiary alicyclic amines) is 1. The third-order valence-electron chi connectivity index (χ3n) is 3.70. The Hall–Kier alpha value is -0.860. The van der Waals surface area contributed by atoms with Gasteiger partial charge in [0.25, 0.3) is 0 Å². The minimum absolute atomic E-state index is 0.763. The lowest BCUT2D eigenvalue weighted by molar-refractivity contribution is 0.230. The first-order valence-corrected chi connectivity index (χ1v) is 7.76. The van der Waals surface area contributed by atoms with E-state index in [9.17, 15) is 0 Å². The summed E-state index contributed by atoms with van der Waals surface area (Å²) in [7, 11) is 2.26. The summed E-state index contributed by atoms with van der Waals surface area (Å²) < 4.78 is 0. The predicted octanol–water partition coefficient (Wildman–Crippen LogP) is 3.63. The normalized spacial score (nSPS) is 19.3. The van der Waals surface area contributed by atoms with Crippen molar-refractivity contribution in [3.8, 4) is 0 Å². The summed E-state index contributed by atoms with van der Waals surface area (Å²) in [5, 5.41) is 0. The van der Waals surface area contributed by atoms with Crippen molar-refractivity contribution in [1.82, 2.24) is 9.80 Å². The molecule has 0 N–H and O–H groups in total. The zero-order valence-corrected chi connectivity index (χ0v) is 13.1. The van der Waals surface area contributed by atoms with Crippen LogP contribution in [0.2, 0.25) is 0 Å². The zero-order chi connectivity index (χ0) is 14.1. The topological polar surface area (TPSA) is 6.48 Å². The maximum absolute atomic E-state index is 2.58. The molecule has 0 saturated carbocycles. The molecule has 1 aromatic carbocycles. The van der Waals surface area contributed by atoms with Crippen LogP contribution in [-0.4, -0.2) is 42.5 Å². The minimum atomic E-state index is 0.763. The van der Waals surface area contributed by atoms with Crippen LogP contribution in [-0.2, 0) is 6.54 Å². The largest absolute Gasteiger partial charge is 0.302 e. The van der Waals surface area contributed by atoms with Crippen LogP contribution in [0.1, 0.15) is 39.2 Å². The Morgan fingerprint density at radius 2 is 1.89 bits per heavy atom. The summed E-state index contributed by atoms with van der Waals surface area (Å²) in [6, 6.07) is 11.6. The average Bonchev–Trinajstić information content (AvgIpc) is 2.91. The van der Waals surface area contributed by atoms with E-state index in [1.54, 1.807) is 0 Å². The van der Waals surface area contributed by atoms with Crippen molar-refractivity contribution in [2.75, 3.05) is 26.7 Å². The van der Waals surface area contributed by atoms with Crippen LogP contribution in [0.4, 0.5) is 0 Å². The van der Waals surface area contributed by atoms with Gasteiger partial charge in [0, 0.05) is 25.7 Å². The van der Waals surface area contributed by atoms with Gasteiger partial charge in [0.15, 0.2) is 0 Å². The Balaban J connectivity index is 0.000000861. The van der Waals surface area contributed by atoms with E-state index in [-0.39, 0.29) is 0 Å². The van der Waals surface area contributed by atoms with Crippen LogP contribution in [0, 0.1) is 0 Å². The molecule has 0 bridgehead atoms. The minimum Gasteiger partial charge on any atom is -0.302 e. The highest BCUT2D eigenvalue weighted by molar-refractivity contribution is 5.14. The predicted molar refractivity (Wildman–Crippen MR) is 84.4 cm³/mol. The van der Waals surface area contributed by atoms with Gasteiger partial charge in [-0.1, -0.05) is 51.1 Å². The van der Waals surface area contributed by atoms with Gasteiger partial charge in [-0.15, -0.1) is 0 Å². The molecule has 0 spiro atoms. The third-order valence-corrected chi connectivity index (χ3v) is 3.70. The molecule has 1 aromatic rings. The van der Waals surface area contributed by atoms with Crippen LogP contribution in [0.5, 0.6) is 0 Å². The molecule has 108 valence electrons. The maximum atomic E-state index is 2.58. The van der Waals surface area contributed by atoms with E-state index in [0.717, 1.165) is 12.6 Å². The van der Waals surface area contributed by atoms with Crippen molar-refractivity contribution in [2.24, 2.45) is 0 Å². The number of benzene rings is 1. The molecule has 2 nitrogen and oxygen atoms in total. The van der Waals surface area contributed by atoms with Crippen molar-refractivity contribution in [1.29, 1.82) is 0 Å². The van der Waals surface area contributed by atoms with Crippen LogP contribution >= 0.6 is 0 Å².